The maximum absolute atomic E-state index is 13.2. The van der Waals surface area contributed by atoms with Crippen molar-refractivity contribution in [3.8, 4) is 5.75 Å². The Kier molecular flexibility index (Phi) is 8.41. The Labute approximate surface area is 194 Å². The van der Waals surface area contributed by atoms with Crippen LogP contribution in [0.15, 0.2) is 59.8 Å². The molecule has 0 aromatic heterocycles. The van der Waals surface area contributed by atoms with Crippen LogP contribution in [0.25, 0.3) is 0 Å². The molecule has 176 valence electrons. The highest BCUT2D eigenvalue weighted by atomic mass is 32.1. The number of rotatable bonds is 4. The van der Waals surface area contributed by atoms with Crippen molar-refractivity contribution >= 4 is 35.3 Å². The van der Waals surface area contributed by atoms with E-state index in [1.165, 1.54) is 35.2 Å². The zero-order valence-corrected chi connectivity index (χ0v) is 18.8. The molecule has 7 nitrogen and oxygen atoms in total. The Bertz CT molecular complexity index is 1050. The Balaban J connectivity index is 0.000000696. The summed E-state index contributed by atoms with van der Waals surface area (Å²) in [5.74, 6) is -0.652. The van der Waals surface area contributed by atoms with Gasteiger partial charge in [0.1, 0.15) is 5.75 Å². The number of anilines is 1. The first-order chi connectivity index (χ1) is 15.4. The Morgan fingerprint density at radius 2 is 1.73 bits per heavy atom. The molecule has 2 amide bonds. The summed E-state index contributed by atoms with van der Waals surface area (Å²) in [6.45, 7) is 1.62. The first kappa shape index (κ1) is 25.7. The average Bonchev–Trinajstić information content (AvgIpc) is 2.73. The van der Waals surface area contributed by atoms with E-state index in [2.05, 4.69) is 16.0 Å². The fraction of sp³-hybridized carbons (Fsp3) is 0.227. The number of alkyl halides is 3. The minimum absolute atomic E-state index is 0.0473. The van der Waals surface area contributed by atoms with Crippen LogP contribution in [-0.4, -0.2) is 41.5 Å². The molecule has 3 rings (SSSR count). The third kappa shape index (κ3) is 6.94. The smallest absolute Gasteiger partial charge is 0.418 e. The van der Waals surface area contributed by atoms with Crippen molar-refractivity contribution in [1.29, 1.82) is 0 Å². The number of thiocarbonyl (C=S) groups is 1. The molecule has 0 bridgehead atoms. The summed E-state index contributed by atoms with van der Waals surface area (Å²) >= 11 is 5.14. The van der Waals surface area contributed by atoms with Gasteiger partial charge in [-0.1, -0.05) is 24.3 Å². The van der Waals surface area contributed by atoms with Crippen LogP contribution in [-0.2, 0) is 15.8 Å². The molecule has 0 radical (unpaired) electrons. The minimum Gasteiger partial charge on any atom is -0.508 e. The molecule has 2 aromatic rings. The fourth-order valence-corrected chi connectivity index (χ4v) is 3.21. The van der Waals surface area contributed by atoms with Crippen LogP contribution in [0, 0.1) is 0 Å². The van der Waals surface area contributed by atoms with E-state index < -0.39 is 23.7 Å². The maximum atomic E-state index is 13.2. The van der Waals surface area contributed by atoms with Gasteiger partial charge < -0.3 is 26.0 Å². The number of para-hydroxylation sites is 1. The minimum atomic E-state index is -4.60. The number of carbonyl (C=O) groups excluding carboxylic acids is 2. The molecule has 1 atom stereocenters. The monoisotopic (exact) mass is 480 g/mol. The summed E-state index contributed by atoms with van der Waals surface area (Å²) in [7, 11) is 3.38. The average molecular weight is 481 g/mol. The molecule has 0 aliphatic carbocycles. The second kappa shape index (κ2) is 10.8. The summed E-state index contributed by atoms with van der Waals surface area (Å²) in [6.07, 6.45) is -3.85. The number of aromatic hydroxyl groups is 1. The Hall–Kier alpha value is -3.60. The van der Waals surface area contributed by atoms with Crippen LogP contribution in [0.2, 0.25) is 0 Å². The van der Waals surface area contributed by atoms with Gasteiger partial charge in [-0.15, -0.1) is 0 Å². The summed E-state index contributed by atoms with van der Waals surface area (Å²) in [5.41, 5.74) is -0.0386. The number of phenols is 1. The Morgan fingerprint density at radius 1 is 1.15 bits per heavy atom. The summed E-state index contributed by atoms with van der Waals surface area (Å²) < 4.78 is 39.7. The Morgan fingerprint density at radius 3 is 2.27 bits per heavy atom. The van der Waals surface area contributed by atoms with Crippen molar-refractivity contribution < 1.29 is 27.9 Å². The van der Waals surface area contributed by atoms with Crippen molar-refractivity contribution in [2.24, 2.45) is 0 Å². The van der Waals surface area contributed by atoms with Crippen LogP contribution < -0.4 is 16.0 Å². The number of amides is 2. The van der Waals surface area contributed by atoms with Crippen molar-refractivity contribution in [2.75, 3.05) is 19.4 Å². The summed E-state index contributed by atoms with van der Waals surface area (Å²) in [6, 6.07) is 10.2. The molecule has 1 aliphatic heterocycles. The molecule has 1 heterocycles. The molecule has 4 N–H and O–H groups in total. The van der Waals surface area contributed by atoms with Gasteiger partial charge >= 0.3 is 6.18 Å². The molecule has 0 saturated carbocycles. The van der Waals surface area contributed by atoms with Gasteiger partial charge in [0.15, 0.2) is 5.11 Å². The molecule has 11 heteroatoms. The van der Waals surface area contributed by atoms with E-state index in [0.29, 0.717) is 11.3 Å². The highest BCUT2D eigenvalue weighted by Gasteiger charge is 2.35. The number of benzene rings is 2. The topological polar surface area (TPSA) is 93.7 Å². The quantitative estimate of drug-likeness (QED) is 0.395. The fourth-order valence-electron chi connectivity index (χ4n) is 2.94. The van der Waals surface area contributed by atoms with E-state index in [9.17, 15) is 27.9 Å². The van der Waals surface area contributed by atoms with Crippen LogP contribution in [0.4, 0.5) is 18.9 Å². The lowest BCUT2D eigenvalue weighted by atomic mass is 9.94. The number of allylic oxidation sites excluding steroid dienone is 1. The SMILES string of the molecule is CC1=C(C(=O)Nc2ccccc2C(F)(F)F)C(c2ccc(O)cc2)NC(=S)N1.CN(C)C=O. The van der Waals surface area contributed by atoms with Crippen LogP contribution in [0.1, 0.15) is 24.1 Å². The van der Waals surface area contributed by atoms with Crippen molar-refractivity contribution in [3.05, 3.63) is 70.9 Å². The van der Waals surface area contributed by atoms with Gasteiger partial charge in [-0.3, -0.25) is 9.59 Å². The van der Waals surface area contributed by atoms with Gasteiger partial charge in [-0.2, -0.15) is 13.2 Å². The van der Waals surface area contributed by atoms with E-state index in [0.717, 1.165) is 12.5 Å². The van der Waals surface area contributed by atoms with Crippen LogP contribution >= 0.6 is 12.2 Å². The van der Waals surface area contributed by atoms with E-state index in [-0.39, 0.29) is 22.1 Å². The van der Waals surface area contributed by atoms with Gasteiger partial charge in [0.2, 0.25) is 6.41 Å². The zero-order chi connectivity index (χ0) is 24.8. The lowest BCUT2D eigenvalue weighted by molar-refractivity contribution is -0.137. The van der Waals surface area contributed by atoms with Crippen molar-refractivity contribution in [3.63, 3.8) is 0 Å². The molecule has 2 aromatic carbocycles. The normalized spacial score (nSPS) is 15.5. The highest BCUT2D eigenvalue weighted by molar-refractivity contribution is 7.80. The number of carbonyl (C=O) groups is 2. The number of nitrogens with zero attached hydrogens (tertiary/aromatic N) is 1. The second-order valence-electron chi connectivity index (χ2n) is 7.23. The van der Waals surface area contributed by atoms with Crippen LogP contribution in [0.3, 0.4) is 0 Å². The molecule has 1 unspecified atom stereocenters. The zero-order valence-electron chi connectivity index (χ0n) is 18.0. The molecule has 0 spiro atoms. The molecule has 1 aliphatic rings. The molecular formula is C22H23F3N4O3S. The molecular weight excluding hydrogens is 457 g/mol. The number of phenolic OH excluding ortho intramolecular Hbond substituents is 1. The number of hydrogen-bond acceptors (Lipinski definition) is 4. The second-order valence-corrected chi connectivity index (χ2v) is 7.64. The molecule has 0 fully saturated rings. The van der Waals surface area contributed by atoms with Gasteiger partial charge in [0.05, 0.1) is 22.9 Å². The van der Waals surface area contributed by atoms with Gasteiger partial charge in [-0.25, -0.2) is 0 Å². The van der Waals surface area contributed by atoms with E-state index in [1.807, 2.05) is 0 Å². The highest BCUT2D eigenvalue weighted by Crippen LogP contribution is 2.35. The van der Waals surface area contributed by atoms with E-state index in [1.54, 1.807) is 33.2 Å². The summed E-state index contributed by atoms with van der Waals surface area (Å²) in [5, 5.41) is 17.9. The standard InChI is InChI=1S/C19H16F3N3O2S.C3H7NO/c1-10-15(16(25-18(28)23-10)11-6-8-12(26)9-7-11)17(27)24-14-5-3-2-4-13(14)19(20,21)22;1-4(2)3-5/h2-9,16,26H,1H3,(H,24,27)(H2,23,25,28);3H,1-2H3. The van der Waals surface area contributed by atoms with E-state index >= 15 is 0 Å². The maximum Gasteiger partial charge on any atom is 0.418 e. The van der Waals surface area contributed by atoms with Gasteiger partial charge in [-0.05, 0) is 49.0 Å². The number of hydrogen-bond donors (Lipinski definition) is 4. The first-order valence-corrected chi connectivity index (χ1v) is 10.0. The van der Waals surface area contributed by atoms with E-state index in [4.69, 9.17) is 12.2 Å². The largest absolute Gasteiger partial charge is 0.508 e. The summed E-state index contributed by atoms with van der Waals surface area (Å²) in [4.78, 5) is 23.8. The molecule has 33 heavy (non-hydrogen) atoms. The predicted octanol–water partition coefficient (Wildman–Crippen LogP) is 3.55. The molecule has 0 saturated heterocycles. The van der Waals surface area contributed by atoms with Crippen molar-refractivity contribution in [2.45, 2.75) is 19.1 Å². The number of nitrogens with one attached hydrogen (secondary N) is 3. The first-order valence-electron chi connectivity index (χ1n) is 9.60. The lowest BCUT2D eigenvalue weighted by Crippen LogP contribution is -2.45. The predicted molar refractivity (Wildman–Crippen MR) is 122 cm³/mol. The van der Waals surface area contributed by atoms with Crippen LogP contribution in [0.5, 0.6) is 5.75 Å². The van der Waals surface area contributed by atoms with Crippen molar-refractivity contribution in [1.82, 2.24) is 15.5 Å². The third-order valence-electron chi connectivity index (χ3n) is 4.43. The van der Waals surface area contributed by atoms with Gasteiger partial charge in [0, 0.05) is 19.8 Å². The third-order valence-corrected chi connectivity index (χ3v) is 4.65. The lowest BCUT2D eigenvalue weighted by Gasteiger charge is -2.30. The van der Waals surface area contributed by atoms with Gasteiger partial charge in [0.25, 0.3) is 5.91 Å². The number of halogens is 3.